The zero-order valence-electron chi connectivity index (χ0n) is 10.0. The van der Waals surface area contributed by atoms with Gasteiger partial charge in [-0.15, -0.1) is 0 Å². The number of aryl methyl sites for hydroxylation is 1. The molecule has 0 fully saturated rings. The third kappa shape index (κ3) is 2.82. The van der Waals surface area contributed by atoms with E-state index in [1.54, 1.807) is 6.92 Å². The maximum absolute atomic E-state index is 12.2. The van der Waals surface area contributed by atoms with E-state index in [0.29, 0.717) is 18.9 Å². The number of nitrogens with one attached hydrogen (secondary N) is 1. The molecule has 1 aromatic heterocycles. The summed E-state index contributed by atoms with van der Waals surface area (Å²) >= 11 is 0. The van der Waals surface area contributed by atoms with E-state index in [1.807, 2.05) is 13.8 Å². The van der Waals surface area contributed by atoms with E-state index in [4.69, 9.17) is 0 Å². The van der Waals surface area contributed by atoms with Gasteiger partial charge in [0.1, 0.15) is 5.82 Å². The van der Waals surface area contributed by atoms with Gasteiger partial charge in [0.2, 0.25) is 0 Å². The molecule has 0 aromatic carbocycles. The van der Waals surface area contributed by atoms with Gasteiger partial charge < -0.3 is 4.98 Å². The molecule has 5 nitrogen and oxygen atoms in total. The van der Waals surface area contributed by atoms with E-state index in [2.05, 4.69) is 9.97 Å². The number of hydrogen-bond donors (Lipinski definition) is 1. The Morgan fingerprint density at radius 3 is 2.25 bits per heavy atom. The van der Waals surface area contributed by atoms with E-state index in [-0.39, 0.29) is 5.03 Å². The normalized spacial score (nSPS) is 12.2. The lowest BCUT2D eigenvalue weighted by atomic mass is 10.4. The summed E-state index contributed by atoms with van der Waals surface area (Å²) in [6, 6.07) is 0. The number of H-pyrrole nitrogens is 1. The maximum Gasteiger partial charge on any atom is 0.260 e. The van der Waals surface area contributed by atoms with Crippen molar-refractivity contribution in [3.63, 3.8) is 0 Å². The molecule has 0 saturated carbocycles. The van der Waals surface area contributed by atoms with E-state index >= 15 is 0 Å². The highest BCUT2D eigenvalue weighted by Gasteiger charge is 2.24. The van der Waals surface area contributed by atoms with Crippen LogP contribution in [0, 0.1) is 6.92 Å². The van der Waals surface area contributed by atoms with Crippen molar-refractivity contribution in [3.05, 3.63) is 12.0 Å². The van der Waals surface area contributed by atoms with Gasteiger partial charge in [0.25, 0.3) is 10.0 Å². The second-order valence-electron chi connectivity index (χ2n) is 3.74. The van der Waals surface area contributed by atoms with Gasteiger partial charge in [0.05, 0.1) is 6.20 Å². The summed E-state index contributed by atoms with van der Waals surface area (Å²) in [5.41, 5.74) is 0. The summed E-state index contributed by atoms with van der Waals surface area (Å²) in [5.74, 6) is 0.617. The molecule has 0 amide bonds. The number of rotatable bonds is 6. The molecule has 1 N–H and O–H groups in total. The van der Waals surface area contributed by atoms with Crippen LogP contribution in [0.25, 0.3) is 0 Å². The van der Waals surface area contributed by atoms with Crippen LogP contribution in [0.1, 0.15) is 32.5 Å². The van der Waals surface area contributed by atoms with Gasteiger partial charge in [0.15, 0.2) is 5.03 Å². The summed E-state index contributed by atoms with van der Waals surface area (Å²) in [7, 11) is -3.39. The van der Waals surface area contributed by atoms with Crippen molar-refractivity contribution < 1.29 is 8.42 Å². The van der Waals surface area contributed by atoms with Crippen LogP contribution in [-0.2, 0) is 10.0 Å². The molecule has 0 aliphatic heterocycles. The predicted octanol–water partition coefficient (Wildman–Crippen LogP) is 1.53. The lowest BCUT2D eigenvalue weighted by Gasteiger charge is -2.19. The fourth-order valence-electron chi connectivity index (χ4n) is 1.52. The van der Waals surface area contributed by atoms with Crippen molar-refractivity contribution in [2.75, 3.05) is 13.1 Å². The Hall–Kier alpha value is -0.880. The largest absolute Gasteiger partial charge is 0.332 e. The summed E-state index contributed by atoms with van der Waals surface area (Å²) in [4.78, 5) is 6.70. The van der Waals surface area contributed by atoms with Crippen molar-refractivity contribution in [2.24, 2.45) is 0 Å². The van der Waals surface area contributed by atoms with Gasteiger partial charge in [-0.25, -0.2) is 13.4 Å². The van der Waals surface area contributed by atoms with E-state index < -0.39 is 10.0 Å². The van der Waals surface area contributed by atoms with Crippen LogP contribution >= 0.6 is 0 Å². The van der Waals surface area contributed by atoms with E-state index in [9.17, 15) is 8.42 Å². The second kappa shape index (κ2) is 5.45. The number of aromatic nitrogens is 2. The minimum absolute atomic E-state index is 0.187. The fourth-order valence-corrected chi connectivity index (χ4v) is 3.11. The summed E-state index contributed by atoms with van der Waals surface area (Å²) in [6.07, 6.45) is 3.00. The first-order chi connectivity index (χ1) is 7.52. The monoisotopic (exact) mass is 245 g/mol. The third-order valence-electron chi connectivity index (χ3n) is 2.24. The molecule has 0 radical (unpaired) electrons. The number of sulfonamides is 1. The van der Waals surface area contributed by atoms with Gasteiger partial charge in [-0.2, -0.15) is 4.31 Å². The van der Waals surface area contributed by atoms with Crippen LogP contribution in [0.3, 0.4) is 0 Å². The molecule has 92 valence electrons. The van der Waals surface area contributed by atoms with Crippen molar-refractivity contribution in [1.82, 2.24) is 14.3 Å². The summed E-state index contributed by atoms with van der Waals surface area (Å²) in [5, 5.41) is 0.187. The quantitative estimate of drug-likeness (QED) is 0.826. The zero-order chi connectivity index (χ0) is 12.2. The van der Waals surface area contributed by atoms with Crippen LogP contribution in [0.4, 0.5) is 0 Å². The lowest BCUT2D eigenvalue weighted by molar-refractivity contribution is 0.408. The molecular weight excluding hydrogens is 226 g/mol. The first-order valence-corrected chi connectivity index (χ1v) is 6.98. The Morgan fingerprint density at radius 1 is 1.31 bits per heavy atom. The first kappa shape index (κ1) is 13.2. The number of nitrogens with zero attached hydrogens (tertiary/aromatic N) is 2. The zero-order valence-corrected chi connectivity index (χ0v) is 10.8. The molecule has 0 aliphatic carbocycles. The second-order valence-corrected chi connectivity index (χ2v) is 5.64. The predicted molar refractivity (Wildman–Crippen MR) is 62.7 cm³/mol. The highest BCUT2D eigenvalue weighted by molar-refractivity contribution is 7.89. The molecular formula is C10H19N3O2S. The molecule has 6 heteroatoms. The van der Waals surface area contributed by atoms with Gasteiger partial charge in [-0.3, -0.25) is 0 Å². The van der Waals surface area contributed by atoms with Crippen LogP contribution in [-0.4, -0.2) is 35.8 Å². The molecule has 0 aliphatic rings. The van der Waals surface area contributed by atoms with Crippen LogP contribution in [0.15, 0.2) is 11.2 Å². The fraction of sp³-hybridized carbons (Fsp3) is 0.700. The molecule has 0 atom stereocenters. The van der Waals surface area contributed by atoms with Gasteiger partial charge in [0, 0.05) is 13.1 Å². The Morgan fingerprint density at radius 2 is 1.88 bits per heavy atom. The maximum atomic E-state index is 12.2. The first-order valence-electron chi connectivity index (χ1n) is 5.54. The van der Waals surface area contributed by atoms with E-state index in [1.165, 1.54) is 10.5 Å². The van der Waals surface area contributed by atoms with Gasteiger partial charge in [-0.1, -0.05) is 13.8 Å². The van der Waals surface area contributed by atoms with Crippen LogP contribution < -0.4 is 0 Å². The molecule has 1 rings (SSSR count). The average molecular weight is 245 g/mol. The standard InChI is InChI=1S/C10H19N3O2S/c1-4-6-13(7-5-2)16(14,15)10-8-11-9(3)12-10/h8H,4-7H2,1-3H3,(H,11,12). The molecule has 0 saturated heterocycles. The Labute approximate surface area is 96.9 Å². The number of hydrogen-bond acceptors (Lipinski definition) is 3. The van der Waals surface area contributed by atoms with E-state index in [0.717, 1.165) is 12.8 Å². The smallest absolute Gasteiger partial charge is 0.260 e. The van der Waals surface area contributed by atoms with Crippen molar-refractivity contribution >= 4 is 10.0 Å². The van der Waals surface area contributed by atoms with Crippen molar-refractivity contribution in [3.8, 4) is 0 Å². The SMILES string of the molecule is CCCN(CCC)S(=O)(=O)c1cnc(C)[nH]1. The average Bonchev–Trinajstić information content (AvgIpc) is 2.65. The molecule has 0 spiro atoms. The van der Waals surface area contributed by atoms with Crippen molar-refractivity contribution in [1.29, 1.82) is 0 Å². The molecule has 0 bridgehead atoms. The Balaban J connectivity index is 2.97. The van der Waals surface area contributed by atoms with Gasteiger partial charge >= 0.3 is 0 Å². The molecule has 1 aromatic rings. The summed E-state index contributed by atoms with van der Waals surface area (Å²) in [6.45, 7) is 6.78. The van der Waals surface area contributed by atoms with Crippen LogP contribution in [0.2, 0.25) is 0 Å². The number of aromatic amines is 1. The summed E-state index contributed by atoms with van der Waals surface area (Å²) < 4.78 is 25.9. The van der Waals surface area contributed by atoms with Crippen LogP contribution in [0.5, 0.6) is 0 Å². The lowest BCUT2D eigenvalue weighted by Crippen LogP contribution is -2.32. The minimum Gasteiger partial charge on any atom is -0.332 e. The topological polar surface area (TPSA) is 66.1 Å². The Bertz CT molecular complexity index is 419. The van der Waals surface area contributed by atoms with Gasteiger partial charge in [-0.05, 0) is 19.8 Å². The Kier molecular flexibility index (Phi) is 4.49. The number of imidazole rings is 1. The third-order valence-corrected chi connectivity index (χ3v) is 4.05. The minimum atomic E-state index is -3.39. The molecule has 0 unspecified atom stereocenters. The molecule has 16 heavy (non-hydrogen) atoms. The molecule has 1 heterocycles. The van der Waals surface area contributed by atoms with Crippen molar-refractivity contribution in [2.45, 2.75) is 38.6 Å². The highest BCUT2D eigenvalue weighted by Crippen LogP contribution is 2.14. The highest BCUT2D eigenvalue weighted by atomic mass is 32.2.